The summed E-state index contributed by atoms with van der Waals surface area (Å²) in [5.74, 6) is 1.39. The molecule has 0 spiro atoms. The third kappa shape index (κ3) is 3.33. The highest BCUT2D eigenvalue weighted by atomic mass is 32.2. The van der Waals surface area contributed by atoms with Crippen LogP contribution in [0.1, 0.15) is 11.1 Å². The number of hydrogen-bond donors (Lipinski definition) is 0. The van der Waals surface area contributed by atoms with Gasteiger partial charge in [0, 0.05) is 11.5 Å². The number of nitriles is 2. The van der Waals surface area contributed by atoms with Crippen LogP contribution in [0.25, 0.3) is 0 Å². The Bertz CT molecular complexity index is 339. The maximum absolute atomic E-state index is 8.45. The monoisotopic (exact) mass is 220 g/mol. The van der Waals surface area contributed by atoms with Crippen LogP contribution in [0.5, 0.6) is 0 Å². The highest BCUT2D eigenvalue weighted by Gasteiger charge is 2.01. The molecule has 0 fully saturated rings. The molecule has 0 radical (unpaired) electrons. The lowest BCUT2D eigenvalue weighted by atomic mass is 10.1. The zero-order valence-corrected chi connectivity index (χ0v) is 9.07. The fraction of sp³-hybridized carbons (Fsp3) is 0.200. The maximum Gasteiger partial charge on any atom is 0.133 e. The molecule has 0 aliphatic rings. The highest BCUT2D eigenvalue weighted by Crippen LogP contribution is 2.19. The average molecular weight is 220 g/mol. The second-order valence-electron chi connectivity index (χ2n) is 2.53. The first kappa shape index (κ1) is 11.0. The van der Waals surface area contributed by atoms with Gasteiger partial charge in [0.25, 0.3) is 0 Å². The summed E-state index contributed by atoms with van der Waals surface area (Å²) in [6, 6.07) is 7.90. The first-order chi connectivity index (χ1) is 6.88. The van der Waals surface area contributed by atoms with E-state index in [9.17, 15) is 0 Å². The summed E-state index contributed by atoms with van der Waals surface area (Å²) in [5, 5.41) is 21.0. The first-order valence-corrected chi connectivity index (χ1v) is 5.94. The van der Waals surface area contributed by atoms with E-state index in [0.29, 0.717) is 11.5 Å². The Morgan fingerprint density at radius 1 is 0.929 bits per heavy atom. The predicted octanol–water partition coefficient (Wildman–Crippen LogP) is 3.12. The Balaban J connectivity index is 2.71. The molecule has 0 bridgehead atoms. The van der Waals surface area contributed by atoms with Crippen molar-refractivity contribution in [3.05, 3.63) is 35.4 Å². The topological polar surface area (TPSA) is 47.6 Å². The molecule has 4 heteroatoms. The van der Waals surface area contributed by atoms with E-state index in [4.69, 9.17) is 10.5 Å². The third-order valence-electron chi connectivity index (χ3n) is 1.70. The standard InChI is InChI=1S/C10H8N2S2/c11-7-13-5-9-3-1-2-4-10(9)6-14-8-12/h1-4H,5-6H2. The minimum Gasteiger partial charge on any atom is -0.185 e. The van der Waals surface area contributed by atoms with Crippen LogP contribution in [0.15, 0.2) is 24.3 Å². The average Bonchev–Trinajstić information content (AvgIpc) is 2.24. The molecular weight excluding hydrogens is 212 g/mol. The third-order valence-corrected chi connectivity index (χ3v) is 2.87. The van der Waals surface area contributed by atoms with E-state index >= 15 is 0 Å². The van der Waals surface area contributed by atoms with E-state index in [-0.39, 0.29) is 0 Å². The summed E-state index contributed by atoms with van der Waals surface area (Å²) in [4.78, 5) is 0. The van der Waals surface area contributed by atoms with Gasteiger partial charge in [-0.3, -0.25) is 0 Å². The van der Waals surface area contributed by atoms with Gasteiger partial charge in [-0.25, -0.2) is 0 Å². The lowest BCUT2D eigenvalue weighted by molar-refractivity contribution is 1.29. The first-order valence-electron chi connectivity index (χ1n) is 3.97. The van der Waals surface area contributed by atoms with Crippen LogP contribution in [0.4, 0.5) is 0 Å². The molecule has 0 N–H and O–H groups in total. The van der Waals surface area contributed by atoms with Crippen LogP contribution in [0.3, 0.4) is 0 Å². The van der Waals surface area contributed by atoms with Crippen molar-refractivity contribution in [2.75, 3.05) is 0 Å². The van der Waals surface area contributed by atoms with Gasteiger partial charge in [-0.1, -0.05) is 24.3 Å². The second-order valence-corrected chi connectivity index (χ2v) is 4.05. The van der Waals surface area contributed by atoms with Gasteiger partial charge in [0.15, 0.2) is 0 Å². The number of hydrogen-bond acceptors (Lipinski definition) is 4. The molecule has 0 atom stereocenters. The van der Waals surface area contributed by atoms with Crippen molar-refractivity contribution in [1.82, 2.24) is 0 Å². The molecule has 1 aromatic rings. The van der Waals surface area contributed by atoms with E-state index in [1.54, 1.807) is 0 Å². The van der Waals surface area contributed by atoms with E-state index in [1.165, 1.54) is 23.5 Å². The number of benzene rings is 1. The normalized spacial score (nSPS) is 9.00. The van der Waals surface area contributed by atoms with Crippen molar-refractivity contribution in [3.8, 4) is 10.8 Å². The Kier molecular flexibility index (Phi) is 4.99. The van der Waals surface area contributed by atoms with E-state index in [2.05, 4.69) is 0 Å². The summed E-state index contributed by atoms with van der Waals surface area (Å²) < 4.78 is 0. The molecule has 2 nitrogen and oxygen atoms in total. The molecule has 1 rings (SSSR count). The second kappa shape index (κ2) is 6.37. The lowest BCUT2D eigenvalue weighted by Gasteiger charge is -2.04. The molecular formula is C10H8N2S2. The van der Waals surface area contributed by atoms with Crippen molar-refractivity contribution in [2.24, 2.45) is 0 Å². The summed E-state index contributed by atoms with van der Waals surface area (Å²) in [6.07, 6.45) is 0. The molecule has 0 saturated carbocycles. The van der Waals surface area contributed by atoms with Crippen molar-refractivity contribution < 1.29 is 0 Å². The number of rotatable bonds is 4. The molecule has 70 valence electrons. The summed E-state index contributed by atoms with van der Waals surface area (Å²) >= 11 is 2.44. The van der Waals surface area contributed by atoms with Crippen molar-refractivity contribution in [2.45, 2.75) is 11.5 Å². The largest absolute Gasteiger partial charge is 0.185 e. The molecule has 14 heavy (non-hydrogen) atoms. The Labute approximate surface area is 91.9 Å². The Morgan fingerprint density at radius 2 is 1.36 bits per heavy atom. The molecule has 0 aliphatic carbocycles. The molecule has 0 saturated heterocycles. The van der Waals surface area contributed by atoms with Crippen molar-refractivity contribution in [3.63, 3.8) is 0 Å². The molecule has 0 heterocycles. The van der Waals surface area contributed by atoms with Crippen molar-refractivity contribution >= 4 is 23.5 Å². The maximum atomic E-state index is 8.45. The van der Waals surface area contributed by atoms with Gasteiger partial charge in [-0.05, 0) is 34.7 Å². The van der Waals surface area contributed by atoms with Gasteiger partial charge in [0.05, 0.1) is 0 Å². The number of nitrogens with zero attached hydrogens (tertiary/aromatic N) is 2. The van der Waals surface area contributed by atoms with Crippen LogP contribution < -0.4 is 0 Å². The van der Waals surface area contributed by atoms with Gasteiger partial charge >= 0.3 is 0 Å². The van der Waals surface area contributed by atoms with Crippen molar-refractivity contribution in [1.29, 1.82) is 10.5 Å². The van der Waals surface area contributed by atoms with Crippen LogP contribution in [0.2, 0.25) is 0 Å². The van der Waals surface area contributed by atoms with Gasteiger partial charge in [-0.2, -0.15) is 10.5 Å². The fourth-order valence-corrected chi connectivity index (χ4v) is 2.06. The quantitative estimate of drug-likeness (QED) is 0.731. The molecule has 1 aromatic carbocycles. The molecule has 0 unspecified atom stereocenters. The van der Waals surface area contributed by atoms with Gasteiger partial charge in [0.2, 0.25) is 0 Å². The van der Waals surface area contributed by atoms with Gasteiger partial charge in [-0.15, -0.1) is 0 Å². The van der Waals surface area contributed by atoms with Crippen LogP contribution >= 0.6 is 23.5 Å². The fourth-order valence-electron chi connectivity index (χ4n) is 1.06. The lowest BCUT2D eigenvalue weighted by Crippen LogP contribution is -1.88. The molecule has 0 amide bonds. The zero-order chi connectivity index (χ0) is 10.2. The Morgan fingerprint density at radius 3 is 1.71 bits per heavy atom. The minimum atomic E-state index is 0.693. The van der Waals surface area contributed by atoms with Gasteiger partial charge in [0.1, 0.15) is 10.8 Å². The van der Waals surface area contributed by atoms with Crippen LogP contribution in [-0.2, 0) is 11.5 Å². The molecule has 0 aromatic heterocycles. The zero-order valence-electron chi connectivity index (χ0n) is 7.43. The highest BCUT2D eigenvalue weighted by molar-refractivity contribution is 8.03. The molecule has 0 aliphatic heterocycles. The Hall–Kier alpha value is -1.10. The van der Waals surface area contributed by atoms with E-state index in [1.807, 2.05) is 35.1 Å². The van der Waals surface area contributed by atoms with E-state index in [0.717, 1.165) is 11.1 Å². The van der Waals surface area contributed by atoms with Gasteiger partial charge < -0.3 is 0 Å². The SMILES string of the molecule is N#CSCc1ccccc1CSC#N. The summed E-state index contributed by atoms with van der Waals surface area (Å²) in [6.45, 7) is 0. The van der Waals surface area contributed by atoms with Crippen LogP contribution in [-0.4, -0.2) is 0 Å². The minimum absolute atomic E-state index is 0.693. The van der Waals surface area contributed by atoms with Crippen LogP contribution in [0, 0.1) is 21.3 Å². The summed E-state index contributed by atoms with van der Waals surface area (Å²) in [7, 11) is 0. The number of thioether (sulfide) groups is 2. The smallest absolute Gasteiger partial charge is 0.133 e. The predicted molar refractivity (Wildman–Crippen MR) is 60.3 cm³/mol. The number of thiocyanates is 2. The summed E-state index contributed by atoms with van der Waals surface area (Å²) in [5.41, 5.74) is 2.28. The van der Waals surface area contributed by atoms with E-state index < -0.39 is 0 Å².